The molecule has 0 saturated heterocycles. The summed E-state index contributed by atoms with van der Waals surface area (Å²) in [5.41, 5.74) is -0.935. The average Bonchev–Trinajstić information content (AvgIpc) is 3.68. The zero-order valence-corrected chi connectivity index (χ0v) is 20.9. The van der Waals surface area contributed by atoms with Crippen LogP contribution in [0.25, 0.3) is 16.7 Å². The standard InChI is InChI=1S/C25H21BrFN5O4/c1-28-22(34)13-4-3-5-16(10-13)31-23-21(24(35)32(25(31)36)15-7-8-15)19(12-20(33)30(23)2)29-18-9-6-14(26)11-17(18)27/h3-6,9-12,15,29H,7-8H2,1-2H3,(H,28,34). The van der Waals surface area contributed by atoms with Crippen LogP contribution in [0.5, 0.6) is 0 Å². The summed E-state index contributed by atoms with van der Waals surface area (Å²) in [5, 5.41) is 5.47. The molecule has 4 aromatic rings. The molecular formula is C25H21BrFN5O4. The second-order valence-electron chi connectivity index (χ2n) is 8.56. The smallest absolute Gasteiger partial charge is 0.337 e. The molecule has 1 saturated carbocycles. The lowest BCUT2D eigenvalue weighted by atomic mass is 10.1. The normalized spacial score (nSPS) is 13.1. The molecule has 0 radical (unpaired) electrons. The molecule has 1 aliphatic carbocycles. The van der Waals surface area contributed by atoms with Crippen LogP contribution in [0.1, 0.15) is 29.2 Å². The van der Waals surface area contributed by atoms with Crippen molar-refractivity contribution in [2.75, 3.05) is 12.4 Å². The van der Waals surface area contributed by atoms with Crippen molar-refractivity contribution in [2.45, 2.75) is 18.9 Å². The molecular weight excluding hydrogens is 533 g/mol. The predicted molar refractivity (Wildman–Crippen MR) is 138 cm³/mol. The van der Waals surface area contributed by atoms with Crippen LogP contribution in [0.15, 0.2) is 67.4 Å². The number of carbonyl (C=O) groups is 1. The first-order valence-corrected chi connectivity index (χ1v) is 12.0. The number of rotatable bonds is 5. The number of pyridine rings is 1. The molecule has 0 unspecified atom stereocenters. The average molecular weight is 554 g/mol. The van der Waals surface area contributed by atoms with Crippen molar-refractivity contribution >= 4 is 44.2 Å². The minimum atomic E-state index is -0.619. The number of fused-ring (bicyclic) bond motifs is 1. The van der Waals surface area contributed by atoms with E-state index in [-0.39, 0.29) is 34.4 Å². The molecule has 1 fully saturated rings. The molecule has 1 aliphatic rings. The Morgan fingerprint density at radius 1 is 1.06 bits per heavy atom. The van der Waals surface area contributed by atoms with Crippen LogP contribution in [0.2, 0.25) is 0 Å². The Hall–Kier alpha value is -3.99. The second-order valence-corrected chi connectivity index (χ2v) is 9.47. The number of aromatic nitrogens is 3. The zero-order chi connectivity index (χ0) is 25.7. The van der Waals surface area contributed by atoms with Crippen LogP contribution < -0.4 is 27.4 Å². The Bertz CT molecular complexity index is 1740. The minimum absolute atomic E-state index is 0.0310. The van der Waals surface area contributed by atoms with Crippen molar-refractivity contribution in [3.63, 3.8) is 0 Å². The van der Waals surface area contributed by atoms with Gasteiger partial charge in [-0.2, -0.15) is 0 Å². The first-order chi connectivity index (χ1) is 17.2. The van der Waals surface area contributed by atoms with Gasteiger partial charge < -0.3 is 10.6 Å². The van der Waals surface area contributed by atoms with E-state index >= 15 is 0 Å². The number of halogens is 2. The lowest BCUT2D eigenvalue weighted by Gasteiger charge is -2.19. The first-order valence-electron chi connectivity index (χ1n) is 11.2. The molecule has 184 valence electrons. The Morgan fingerprint density at radius 3 is 2.47 bits per heavy atom. The number of nitrogens with zero attached hydrogens (tertiary/aromatic N) is 3. The fourth-order valence-electron chi connectivity index (χ4n) is 4.22. The summed E-state index contributed by atoms with van der Waals surface area (Å²) in [4.78, 5) is 52.6. The van der Waals surface area contributed by atoms with E-state index in [1.807, 2.05) is 0 Å². The van der Waals surface area contributed by atoms with E-state index in [2.05, 4.69) is 26.6 Å². The van der Waals surface area contributed by atoms with E-state index in [0.717, 1.165) is 0 Å². The van der Waals surface area contributed by atoms with Gasteiger partial charge in [-0.15, -0.1) is 0 Å². The minimum Gasteiger partial charge on any atom is -0.355 e. The summed E-state index contributed by atoms with van der Waals surface area (Å²) in [6.07, 6.45) is 1.32. The summed E-state index contributed by atoms with van der Waals surface area (Å²) >= 11 is 3.21. The third-order valence-corrected chi connectivity index (χ3v) is 6.65. The third kappa shape index (κ3) is 3.95. The molecule has 0 aliphatic heterocycles. The van der Waals surface area contributed by atoms with Gasteiger partial charge in [-0.1, -0.05) is 22.0 Å². The number of anilines is 2. The highest BCUT2D eigenvalue weighted by Gasteiger charge is 2.31. The van der Waals surface area contributed by atoms with Crippen molar-refractivity contribution in [1.29, 1.82) is 0 Å². The van der Waals surface area contributed by atoms with Gasteiger partial charge in [0.1, 0.15) is 16.9 Å². The molecule has 0 spiro atoms. The zero-order valence-electron chi connectivity index (χ0n) is 19.3. The van der Waals surface area contributed by atoms with Gasteiger partial charge in [0, 0.05) is 36.2 Å². The lowest BCUT2D eigenvalue weighted by molar-refractivity contribution is 0.0963. The number of aryl methyl sites for hydroxylation is 1. The number of hydrogen-bond donors (Lipinski definition) is 2. The van der Waals surface area contributed by atoms with Gasteiger partial charge in [0.05, 0.1) is 17.1 Å². The molecule has 9 nitrogen and oxygen atoms in total. The van der Waals surface area contributed by atoms with Crippen LogP contribution >= 0.6 is 15.9 Å². The van der Waals surface area contributed by atoms with Crippen LogP contribution in [0, 0.1) is 5.82 Å². The van der Waals surface area contributed by atoms with Crippen molar-refractivity contribution < 1.29 is 9.18 Å². The van der Waals surface area contributed by atoms with Crippen molar-refractivity contribution in [1.82, 2.24) is 19.0 Å². The quantitative estimate of drug-likeness (QED) is 0.394. The molecule has 2 heterocycles. The van der Waals surface area contributed by atoms with Crippen LogP contribution in [0.4, 0.5) is 15.8 Å². The van der Waals surface area contributed by atoms with E-state index in [1.165, 1.54) is 52.1 Å². The molecule has 2 aromatic heterocycles. The van der Waals surface area contributed by atoms with Gasteiger partial charge in [0.2, 0.25) is 0 Å². The SMILES string of the molecule is CNC(=O)c1cccc(-n2c(=O)n(C3CC3)c(=O)c3c(Nc4ccc(Br)cc4F)cc(=O)n(C)c32)c1. The molecule has 1 amide bonds. The molecule has 0 atom stereocenters. The fraction of sp³-hybridized carbons (Fsp3) is 0.200. The summed E-state index contributed by atoms with van der Waals surface area (Å²) in [6.45, 7) is 0. The van der Waals surface area contributed by atoms with E-state index in [4.69, 9.17) is 0 Å². The van der Waals surface area contributed by atoms with Crippen LogP contribution in [-0.4, -0.2) is 26.7 Å². The maximum atomic E-state index is 14.6. The number of benzene rings is 2. The van der Waals surface area contributed by atoms with Crippen LogP contribution in [0.3, 0.4) is 0 Å². The second kappa shape index (κ2) is 8.90. The Balaban J connectivity index is 1.88. The highest BCUT2D eigenvalue weighted by atomic mass is 79.9. The molecule has 36 heavy (non-hydrogen) atoms. The maximum absolute atomic E-state index is 14.6. The Kier molecular flexibility index (Phi) is 5.87. The maximum Gasteiger partial charge on any atom is 0.337 e. The largest absolute Gasteiger partial charge is 0.355 e. The highest BCUT2D eigenvalue weighted by molar-refractivity contribution is 9.10. The predicted octanol–water partition coefficient (Wildman–Crippen LogP) is 3.19. The van der Waals surface area contributed by atoms with Gasteiger partial charge in [0.15, 0.2) is 0 Å². The third-order valence-electron chi connectivity index (χ3n) is 6.16. The van der Waals surface area contributed by atoms with Crippen molar-refractivity contribution in [2.24, 2.45) is 7.05 Å². The van der Waals surface area contributed by atoms with Crippen LogP contribution in [-0.2, 0) is 7.05 Å². The van der Waals surface area contributed by atoms with E-state index in [0.29, 0.717) is 28.6 Å². The number of amides is 1. The Labute approximate surface area is 211 Å². The first kappa shape index (κ1) is 23.7. The van der Waals surface area contributed by atoms with Gasteiger partial charge in [-0.25, -0.2) is 13.8 Å². The van der Waals surface area contributed by atoms with Gasteiger partial charge >= 0.3 is 5.69 Å². The fourth-order valence-corrected chi connectivity index (χ4v) is 4.55. The van der Waals surface area contributed by atoms with Crippen molar-refractivity contribution in [3.8, 4) is 5.69 Å². The van der Waals surface area contributed by atoms with E-state index < -0.39 is 22.6 Å². The number of carbonyl (C=O) groups excluding carboxylic acids is 1. The number of hydrogen-bond acceptors (Lipinski definition) is 5. The summed E-state index contributed by atoms with van der Waals surface area (Å²) in [7, 11) is 2.95. The van der Waals surface area contributed by atoms with E-state index in [9.17, 15) is 23.6 Å². The van der Waals surface area contributed by atoms with E-state index in [1.54, 1.807) is 24.3 Å². The van der Waals surface area contributed by atoms with Gasteiger partial charge in [-0.3, -0.25) is 23.5 Å². The summed E-state index contributed by atoms with van der Waals surface area (Å²) in [5.74, 6) is -0.945. The highest BCUT2D eigenvalue weighted by Crippen LogP contribution is 2.33. The Morgan fingerprint density at radius 2 is 1.81 bits per heavy atom. The van der Waals surface area contributed by atoms with Crippen molar-refractivity contribution in [3.05, 3.63) is 95.6 Å². The van der Waals surface area contributed by atoms with Gasteiger partial charge in [0.25, 0.3) is 17.0 Å². The molecule has 5 rings (SSSR count). The molecule has 2 N–H and O–H groups in total. The topological polar surface area (TPSA) is 107 Å². The number of nitrogens with one attached hydrogen (secondary N) is 2. The monoisotopic (exact) mass is 553 g/mol. The summed E-state index contributed by atoms with van der Waals surface area (Å²) in [6, 6.07) is 11.6. The lowest BCUT2D eigenvalue weighted by Crippen LogP contribution is -2.41. The molecule has 11 heteroatoms. The molecule has 0 bridgehead atoms. The summed E-state index contributed by atoms with van der Waals surface area (Å²) < 4.78 is 18.8. The molecule has 2 aromatic carbocycles. The van der Waals surface area contributed by atoms with Gasteiger partial charge in [-0.05, 0) is 49.2 Å².